The summed E-state index contributed by atoms with van der Waals surface area (Å²) in [5, 5.41) is 3.69. The molecule has 3 saturated heterocycles. The van der Waals surface area contributed by atoms with Gasteiger partial charge in [0, 0.05) is 42.1 Å². The molecular formula is C18H30N2OS. The quantitative estimate of drug-likeness (QED) is 0.847. The van der Waals surface area contributed by atoms with E-state index in [2.05, 4.69) is 22.0 Å². The van der Waals surface area contributed by atoms with E-state index in [4.69, 9.17) is 0 Å². The molecule has 2 bridgehead atoms. The van der Waals surface area contributed by atoms with Crippen LogP contribution >= 0.6 is 11.8 Å². The average Bonchev–Trinajstić information content (AvgIpc) is 2.87. The summed E-state index contributed by atoms with van der Waals surface area (Å²) in [5.74, 6) is 2.25. The summed E-state index contributed by atoms with van der Waals surface area (Å²) >= 11 is 2.16. The molecule has 2 unspecified atom stereocenters. The van der Waals surface area contributed by atoms with Crippen LogP contribution in [0.1, 0.15) is 64.2 Å². The van der Waals surface area contributed by atoms with Crippen molar-refractivity contribution < 1.29 is 4.79 Å². The number of thioether (sulfide) groups is 1. The van der Waals surface area contributed by atoms with Crippen LogP contribution in [0.5, 0.6) is 0 Å². The average molecular weight is 323 g/mol. The minimum atomic E-state index is 0.416. The smallest absolute Gasteiger partial charge is 0.222 e. The van der Waals surface area contributed by atoms with Crippen molar-refractivity contribution >= 4 is 17.7 Å². The first-order valence-electron chi connectivity index (χ1n) is 9.40. The van der Waals surface area contributed by atoms with Crippen LogP contribution in [0.25, 0.3) is 0 Å². The predicted octanol–water partition coefficient (Wildman–Crippen LogP) is 3.19. The number of nitrogens with zero attached hydrogens (tertiary/aromatic N) is 1. The predicted molar refractivity (Wildman–Crippen MR) is 92.1 cm³/mol. The lowest BCUT2D eigenvalue weighted by Crippen LogP contribution is -2.50. The highest BCUT2D eigenvalue weighted by molar-refractivity contribution is 8.00. The maximum absolute atomic E-state index is 12.8. The monoisotopic (exact) mass is 322 g/mol. The maximum Gasteiger partial charge on any atom is 0.222 e. The Hall–Kier alpha value is -0.220. The second-order valence-electron chi connectivity index (χ2n) is 8.09. The standard InChI is InChI=1S/C18H30N2OS/c21-17(12-14-10-15-4-5-16(11-14)19-15)20-8-9-22-18(13-20)6-2-1-3-7-18/h14-16,19H,1-13H2. The highest BCUT2D eigenvalue weighted by Crippen LogP contribution is 2.43. The summed E-state index contributed by atoms with van der Waals surface area (Å²) in [6.45, 7) is 2.03. The number of fused-ring (bicyclic) bond motifs is 2. The van der Waals surface area contributed by atoms with Crippen LogP contribution in [0.4, 0.5) is 0 Å². The number of carbonyl (C=O) groups excluding carboxylic acids is 1. The van der Waals surface area contributed by atoms with Crippen molar-refractivity contribution in [3.63, 3.8) is 0 Å². The van der Waals surface area contributed by atoms with Crippen molar-refractivity contribution in [2.45, 2.75) is 81.0 Å². The number of hydrogen-bond donors (Lipinski definition) is 1. The van der Waals surface area contributed by atoms with Gasteiger partial charge in [-0.1, -0.05) is 19.3 Å². The summed E-state index contributed by atoms with van der Waals surface area (Å²) in [5.41, 5.74) is 0. The third-order valence-electron chi connectivity index (χ3n) is 6.40. The third kappa shape index (κ3) is 3.19. The van der Waals surface area contributed by atoms with Gasteiger partial charge in [-0.3, -0.25) is 4.79 Å². The van der Waals surface area contributed by atoms with Gasteiger partial charge >= 0.3 is 0 Å². The van der Waals surface area contributed by atoms with Crippen LogP contribution in [0, 0.1) is 5.92 Å². The lowest BCUT2D eigenvalue weighted by molar-refractivity contribution is -0.133. The normalized spacial score (nSPS) is 37.5. The van der Waals surface area contributed by atoms with Gasteiger partial charge in [-0.05, 0) is 44.4 Å². The molecule has 1 amide bonds. The van der Waals surface area contributed by atoms with Gasteiger partial charge in [0.15, 0.2) is 0 Å². The molecule has 0 aromatic rings. The summed E-state index contributed by atoms with van der Waals surface area (Å²) < 4.78 is 0.416. The number of rotatable bonds is 2. The minimum Gasteiger partial charge on any atom is -0.340 e. The van der Waals surface area contributed by atoms with E-state index in [1.807, 2.05) is 0 Å². The minimum absolute atomic E-state index is 0.416. The molecule has 3 nitrogen and oxygen atoms in total. The Morgan fingerprint density at radius 2 is 1.86 bits per heavy atom. The molecule has 4 rings (SSSR count). The van der Waals surface area contributed by atoms with Crippen molar-refractivity contribution in [3.8, 4) is 0 Å². The van der Waals surface area contributed by atoms with Crippen LogP contribution < -0.4 is 5.32 Å². The molecule has 3 aliphatic heterocycles. The zero-order valence-corrected chi connectivity index (χ0v) is 14.5. The molecule has 1 aliphatic carbocycles. The first-order valence-corrected chi connectivity index (χ1v) is 10.4. The Morgan fingerprint density at radius 1 is 1.14 bits per heavy atom. The van der Waals surface area contributed by atoms with Gasteiger partial charge in [-0.25, -0.2) is 0 Å². The van der Waals surface area contributed by atoms with Gasteiger partial charge in [-0.15, -0.1) is 0 Å². The summed E-state index contributed by atoms with van der Waals surface area (Å²) in [6.07, 6.45) is 12.7. The number of nitrogens with one attached hydrogen (secondary N) is 1. The van der Waals surface area contributed by atoms with E-state index in [1.54, 1.807) is 0 Å². The molecule has 1 spiro atoms. The lowest BCUT2D eigenvalue weighted by Gasteiger charge is -2.45. The Balaban J connectivity index is 1.34. The van der Waals surface area contributed by atoms with Crippen LogP contribution in [-0.4, -0.2) is 46.5 Å². The van der Waals surface area contributed by atoms with E-state index in [9.17, 15) is 4.79 Å². The second kappa shape index (κ2) is 6.35. The topological polar surface area (TPSA) is 32.3 Å². The van der Waals surface area contributed by atoms with E-state index < -0.39 is 0 Å². The Labute approximate surface area is 139 Å². The zero-order chi connectivity index (χ0) is 15.0. The van der Waals surface area contributed by atoms with Crippen molar-refractivity contribution in [2.24, 2.45) is 5.92 Å². The van der Waals surface area contributed by atoms with Crippen molar-refractivity contribution in [1.82, 2.24) is 10.2 Å². The molecule has 4 aliphatic rings. The summed E-state index contributed by atoms with van der Waals surface area (Å²) in [7, 11) is 0. The van der Waals surface area contributed by atoms with E-state index in [0.29, 0.717) is 28.7 Å². The first-order chi connectivity index (χ1) is 10.7. The molecule has 4 fully saturated rings. The Morgan fingerprint density at radius 3 is 2.59 bits per heavy atom. The Bertz CT molecular complexity index is 404. The molecular weight excluding hydrogens is 292 g/mol. The fourth-order valence-corrected chi connectivity index (χ4v) is 6.84. The van der Waals surface area contributed by atoms with Gasteiger partial charge < -0.3 is 10.2 Å². The summed E-state index contributed by atoms with van der Waals surface area (Å²) in [6, 6.07) is 1.41. The Kier molecular flexibility index (Phi) is 4.42. The fourth-order valence-electron chi connectivity index (χ4n) is 5.27. The van der Waals surface area contributed by atoms with E-state index in [-0.39, 0.29) is 0 Å². The van der Waals surface area contributed by atoms with E-state index in [1.165, 1.54) is 57.8 Å². The fraction of sp³-hybridized carbons (Fsp3) is 0.944. The van der Waals surface area contributed by atoms with Crippen LogP contribution in [0.15, 0.2) is 0 Å². The van der Waals surface area contributed by atoms with Crippen molar-refractivity contribution in [1.29, 1.82) is 0 Å². The van der Waals surface area contributed by atoms with Crippen molar-refractivity contribution in [2.75, 3.05) is 18.8 Å². The second-order valence-corrected chi connectivity index (χ2v) is 9.65. The molecule has 0 radical (unpaired) electrons. The molecule has 0 aromatic heterocycles. The van der Waals surface area contributed by atoms with Gasteiger partial charge in [-0.2, -0.15) is 11.8 Å². The van der Waals surface area contributed by atoms with E-state index >= 15 is 0 Å². The highest BCUT2D eigenvalue weighted by Gasteiger charge is 2.40. The molecule has 3 heterocycles. The first kappa shape index (κ1) is 15.3. The van der Waals surface area contributed by atoms with Gasteiger partial charge in [0.05, 0.1) is 0 Å². The molecule has 124 valence electrons. The highest BCUT2D eigenvalue weighted by atomic mass is 32.2. The van der Waals surface area contributed by atoms with Crippen LogP contribution in [-0.2, 0) is 4.79 Å². The molecule has 1 N–H and O–H groups in total. The van der Waals surface area contributed by atoms with Crippen molar-refractivity contribution in [3.05, 3.63) is 0 Å². The van der Waals surface area contributed by atoms with Gasteiger partial charge in [0.1, 0.15) is 0 Å². The van der Waals surface area contributed by atoms with Crippen LogP contribution in [0.3, 0.4) is 0 Å². The number of piperidine rings is 1. The maximum atomic E-state index is 12.8. The molecule has 1 saturated carbocycles. The zero-order valence-electron chi connectivity index (χ0n) is 13.7. The van der Waals surface area contributed by atoms with Crippen LogP contribution in [0.2, 0.25) is 0 Å². The SMILES string of the molecule is O=C(CC1CC2CCC(C1)N2)N1CCSC2(CCCCC2)C1. The molecule has 22 heavy (non-hydrogen) atoms. The number of amides is 1. The van der Waals surface area contributed by atoms with Gasteiger partial charge in [0.25, 0.3) is 0 Å². The third-order valence-corrected chi connectivity index (χ3v) is 7.94. The molecule has 0 aromatic carbocycles. The molecule has 2 atom stereocenters. The number of hydrogen-bond acceptors (Lipinski definition) is 3. The lowest BCUT2D eigenvalue weighted by atomic mass is 9.86. The van der Waals surface area contributed by atoms with Gasteiger partial charge in [0.2, 0.25) is 5.91 Å². The summed E-state index contributed by atoms with van der Waals surface area (Å²) in [4.78, 5) is 15.1. The van der Waals surface area contributed by atoms with E-state index in [0.717, 1.165) is 25.3 Å². The number of carbonyl (C=O) groups is 1. The largest absolute Gasteiger partial charge is 0.340 e. The molecule has 4 heteroatoms.